The van der Waals surface area contributed by atoms with Gasteiger partial charge in [0.25, 0.3) is 5.91 Å². The highest BCUT2D eigenvalue weighted by Gasteiger charge is 2.22. The van der Waals surface area contributed by atoms with E-state index in [4.69, 9.17) is 17.3 Å². The third-order valence-electron chi connectivity index (χ3n) is 2.61. The number of piperidine rings is 1. The predicted octanol–water partition coefficient (Wildman–Crippen LogP) is 0.693. The van der Waals surface area contributed by atoms with E-state index >= 15 is 0 Å². The predicted molar refractivity (Wildman–Crippen MR) is 60.2 cm³/mol. The molecule has 1 aliphatic heterocycles. The molecule has 1 aliphatic rings. The molecule has 0 spiro atoms. The summed E-state index contributed by atoms with van der Waals surface area (Å²) in [6.07, 6.45) is 4.80. The Morgan fingerprint density at radius 2 is 2.19 bits per heavy atom. The third-order valence-corrected chi connectivity index (χ3v) is 2.81. The van der Waals surface area contributed by atoms with Gasteiger partial charge in [-0.05, 0) is 24.4 Å². The van der Waals surface area contributed by atoms with E-state index in [2.05, 4.69) is 9.97 Å². The standard InChI is InChI=1S/C10H13ClN4O/c11-10-13-4-7(5-14-10)9(16)15-3-1-2-8(12)6-15/h4-5,8H,1-3,6,12H2. The highest BCUT2D eigenvalue weighted by molar-refractivity contribution is 6.28. The van der Waals surface area contributed by atoms with Crippen LogP contribution in [0.25, 0.3) is 0 Å². The second kappa shape index (κ2) is 4.76. The molecule has 1 amide bonds. The van der Waals surface area contributed by atoms with Crippen LogP contribution >= 0.6 is 11.6 Å². The Balaban J connectivity index is 2.09. The van der Waals surface area contributed by atoms with Gasteiger partial charge in [-0.1, -0.05) is 0 Å². The van der Waals surface area contributed by atoms with Crippen molar-refractivity contribution in [3.05, 3.63) is 23.2 Å². The summed E-state index contributed by atoms with van der Waals surface area (Å²) in [5.41, 5.74) is 6.28. The molecular weight excluding hydrogens is 228 g/mol. The van der Waals surface area contributed by atoms with Crippen LogP contribution in [0, 0.1) is 0 Å². The largest absolute Gasteiger partial charge is 0.337 e. The minimum Gasteiger partial charge on any atom is -0.337 e. The minimum atomic E-state index is -0.0770. The van der Waals surface area contributed by atoms with Gasteiger partial charge < -0.3 is 10.6 Å². The van der Waals surface area contributed by atoms with Gasteiger partial charge >= 0.3 is 0 Å². The third kappa shape index (κ3) is 2.48. The van der Waals surface area contributed by atoms with Crippen molar-refractivity contribution in [3.63, 3.8) is 0 Å². The van der Waals surface area contributed by atoms with E-state index in [0.29, 0.717) is 12.1 Å². The number of carbonyl (C=O) groups is 1. The zero-order chi connectivity index (χ0) is 11.5. The van der Waals surface area contributed by atoms with Gasteiger partial charge in [-0.2, -0.15) is 0 Å². The summed E-state index contributed by atoms with van der Waals surface area (Å²) in [4.78, 5) is 21.3. The average Bonchev–Trinajstić information content (AvgIpc) is 2.29. The summed E-state index contributed by atoms with van der Waals surface area (Å²) in [6, 6.07) is 0.0749. The van der Waals surface area contributed by atoms with Crippen LogP contribution in [0.4, 0.5) is 0 Å². The van der Waals surface area contributed by atoms with E-state index in [-0.39, 0.29) is 17.2 Å². The lowest BCUT2D eigenvalue weighted by atomic mass is 10.1. The van der Waals surface area contributed by atoms with Crippen molar-refractivity contribution in [2.24, 2.45) is 5.73 Å². The van der Waals surface area contributed by atoms with Crippen LogP contribution in [0.1, 0.15) is 23.2 Å². The van der Waals surface area contributed by atoms with Crippen LogP contribution in [0.15, 0.2) is 12.4 Å². The fraction of sp³-hybridized carbons (Fsp3) is 0.500. The van der Waals surface area contributed by atoms with Crippen LogP contribution < -0.4 is 5.73 Å². The topological polar surface area (TPSA) is 72.1 Å². The number of rotatable bonds is 1. The second-order valence-corrected chi connectivity index (χ2v) is 4.23. The van der Waals surface area contributed by atoms with Gasteiger partial charge in [0.05, 0.1) is 5.56 Å². The second-order valence-electron chi connectivity index (χ2n) is 3.89. The number of aromatic nitrogens is 2. The molecule has 1 fully saturated rings. The van der Waals surface area contributed by atoms with Crippen molar-refractivity contribution >= 4 is 17.5 Å². The lowest BCUT2D eigenvalue weighted by molar-refractivity contribution is 0.0708. The molecule has 1 atom stereocenters. The zero-order valence-corrected chi connectivity index (χ0v) is 9.52. The van der Waals surface area contributed by atoms with Gasteiger partial charge in [0.15, 0.2) is 0 Å². The Morgan fingerprint density at radius 3 is 2.81 bits per heavy atom. The first-order valence-corrected chi connectivity index (χ1v) is 5.57. The minimum absolute atomic E-state index is 0.0749. The van der Waals surface area contributed by atoms with Crippen molar-refractivity contribution < 1.29 is 4.79 Å². The normalized spacial score (nSPS) is 20.9. The van der Waals surface area contributed by atoms with E-state index < -0.39 is 0 Å². The fourth-order valence-electron chi connectivity index (χ4n) is 1.80. The molecule has 2 N–H and O–H groups in total. The molecule has 5 nitrogen and oxygen atoms in total. The number of hydrogen-bond donors (Lipinski definition) is 1. The molecule has 1 aromatic heterocycles. The molecule has 1 unspecified atom stereocenters. The van der Waals surface area contributed by atoms with Gasteiger partial charge in [-0.25, -0.2) is 9.97 Å². The fourth-order valence-corrected chi connectivity index (χ4v) is 1.90. The molecule has 0 aliphatic carbocycles. The quantitative estimate of drug-likeness (QED) is 0.734. The monoisotopic (exact) mass is 240 g/mol. The van der Waals surface area contributed by atoms with Crippen LogP contribution in [-0.4, -0.2) is 39.9 Å². The van der Waals surface area contributed by atoms with Crippen LogP contribution in [0.3, 0.4) is 0 Å². The maximum Gasteiger partial charge on any atom is 0.257 e. The maximum absolute atomic E-state index is 12.0. The Hall–Kier alpha value is -1.20. The van der Waals surface area contributed by atoms with Crippen molar-refractivity contribution in [1.82, 2.24) is 14.9 Å². The van der Waals surface area contributed by atoms with Crippen molar-refractivity contribution in [3.8, 4) is 0 Å². The summed E-state index contributed by atoms with van der Waals surface area (Å²) in [5.74, 6) is -0.0770. The lowest BCUT2D eigenvalue weighted by Gasteiger charge is -2.30. The molecule has 16 heavy (non-hydrogen) atoms. The average molecular weight is 241 g/mol. The smallest absolute Gasteiger partial charge is 0.257 e. The first-order chi connectivity index (χ1) is 7.66. The number of hydrogen-bond acceptors (Lipinski definition) is 4. The molecule has 0 bridgehead atoms. The van der Waals surface area contributed by atoms with Crippen molar-refractivity contribution in [2.45, 2.75) is 18.9 Å². The molecule has 2 heterocycles. The molecule has 6 heteroatoms. The summed E-state index contributed by atoms with van der Waals surface area (Å²) in [6.45, 7) is 1.34. The van der Waals surface area contributed by atoms with Gasteiger partial charge in [0.2, 0.25) is 5.28 Å². The SMILES string of the molecule is NC1CCCN(C(=O)c2cnc(Cl)nc2)C1. The summed E-state index contributed by atoms with van der Waals surface area (Å²) >= 11 is 5.56. The summed E-state index contributed by atoms with van der Waals surface area (Å²) in [7, 11) is 0. The van der Waals surface area contributed by atoms with Crippen molar-refractivity contribution in [2.75, 3.05) is 13.1 Å². The first-order valence-electron chi connectivity index (χ1n) is 5.19. The molecule has 0 radical (unpaired) electrons. The highest BCUT2D eigenvalue weighted by atomic mass is 35.5. The zero-order valence-electron chi connectivity index (χ0n) is 8.77. The van der Waals surface area contributed by atoms with E-state index in [0.717, 1.165) is 19.4 Å². The Bertz CT molecular complexity index is 381. The molecule has 0 aromatic carbocycles. The Labute approximate surface area is 98.6 Å². The number of nitrogens with two attached hydrogens (primary N) is 1. The molecule has 2 rings (SSSR count). The number of likely N-dealkylation sites (tertiary alicyclic amines) is 1. The lowest BCUT2D eigenvalue weighted by Crippen LogP contribution is -2.45. The van der Waals surface area contributed by atoms with Crippen LogP contribution in [-0.2, 0) is 0 Å². The molecule has 1 aromatic rings. The van der Waals surface area contributed by atoms with Crippen molar-refractivity contribution in [1.29, 1.82) is 0 Å². The first kappa shape index (κ1) is 11.3. The Morgan fingerprint density at radius 1 is 1.50 bits per heavy atom. The number of amides is 1. The molecule has 0 saturated carbocycles. The van der Waals surface area contributed by atoms with Gasteiger partial charge in [-0.15, -0.1) is 0 Å². The summed E-state index contributed by atoms with van der Waals surface area (Å²) in [5, 5.41) is 0.145. The van der Waals surface area contributed by atoms with Crippen LogP contribution in [0.5, 0.6) is 0 Å². The van der Waals surface area contributed by atoms with E-state index in [1.807, 2.05) is 0 Å². The molecule has 86 valence electrons. The maximum atomic E-state index is 12.0. The highest BCUT2D eigenvalue weighted by Crippen LogP contribution is 2.12. The molecule has 1 saturated heterocycles. The van der Waals surface area contributed by atoms with E-state index in [1.165, 1.54) is 12.4 Å². The number of nitrogens with zero attached hydrogens (tertiary/aromatic N) is 3. The van der Waals surface area contributed by atoms with Gasteiger partial charge in [0.1, 0.15) is 0 Å². The summed E-state index contributed by atoms with van der Waals surface area (Å²) < 4.78 is 0. The van der Waals surface area contributed by atoms with Gasteiger partial charge in [-0.3, -0.25) is 4.79 Å². The molecular formula is C10H13ClN4O. The number of carbonyl (C=O) groups excluding carboxylic acids is 1. The van der Waals surface area contributed by atoms with E-state index in [1.54, 1.807) is 4.90 Å². The Kier molecular flexibility index (Phi) is 3.36. The van der Waals surface area contributed by atoms with Gasteiger partial charge in [0, 0.05) is 31.5 Å². The number of halogens is 1. The van der Waals surface area contributed by atoms with Crippen LogP contribution in [0.2, 0.25) is 5.28 Å². The van der Waals surface area contributed by atoms with E-state index in [9.17, 15) is 4.79 Å².